The number of amides is 2. The molecule has 0 saturated carbocycles. The molecule has 1 aliphatic rings. The van der Waals surface area contributed by atoms with Crippen molar-refractivity contribution in [2.75, 3.05) is 43.2 Å². The van der Waals surface area contributed by atoms with Crippen LogP contribution in [-0.2, 0) is 16.0 Å². The topological polar surface area (TPSA) is 159 Å². The normalized spacial score (nSPS) is 12.5. The summed E-state index contributed by atoms with van der Waals surface area (Å²) in [6.07, 6.45) is 0.664. The van der Waals surface area contributed by atoms with Gasteiger partial charge < -0.3 is 39.7 Å². The van der Waals surface area contributed by atoms with E-state index in [1.807, 2.05) is 25.1 Å². The lowest BCUT2D eigenvalue weighted by Gasteiger charge is -2.18. The van der Waals surface area contributed by atoms with Gasteiger partial charge in [-0.1, -0.05) is 18.2 Å². The highest BCUT2D eigenvalue weighted by molar-refractivity contribution is 6.12. The fourth-order valence-corrected chi connectivity index (χ4v) is 5.64. The number of rotatable bonds is 10. The van der Waals surface area contributed by atoms with E-state index in [1.165, 1.54) is 6.07 Å². The summed E-state index contributed by atoms with van der Waals surface area (Å²) >= 11 is 0. The van der Waals surface area contributed by atoms with Crippen LogP contribution in [0.4, 0.5) is 11.4 Å². The highest BCUT2D eigenvalue weighted by Gasteiger charge is 2.30. The minimum Gasteiger partial charge on any atom is -0.507 e. The number of aromatic amines is 1. The van der Waals surface area contributed by atoms with Crippen LogP contribution in [0.1, 0.15) is 32.0 Å². The third kappa shape index (κ3) is 5.63. The number of phenols is 2. The molecule has 11 nitrogen and oxygen atoms in total. The van der Waals surface area contributed by atoms with Crippen molar-refractivity contribution in [3.05, 3.63) is 89.1 Å². The molecule has 0 unspecified atom stereocenters. The second-order valence-corrected chi connectivity index (χ2v) is 10.6. The number of ether oxygens (including phenoxy) is 2. The van der Waals surface area contributed by atoms with Crippen molar-refractivity contribution in [2.45, 2.75) is 13.3 Å². The van der Waals surface area contributed by atoms with Crippen LogP contribution in [0.15, 0.2) is 66.7 Å². The molecule has 0 aliphatic carbocycles. The van der Waals surface area contributed by atoms with Gasteiger partial charge in [0.15, 0.2) is 0 Å². The summed E-state index contributed by atoms with van der Waals surface area (Å²) in [4.78, 5) is 35.7. The number of phenolic OH excluding ortho intramolecular Hbond substituents is 2. The van der Waals surface area contributed by atoms with Crippen molar-refractivity contribution < 1.29 is 34.1 Å². The lowest BCUT2D eigenvalue weighted by Crippen LogP contribution is -2.29. The number of aromatic hydroxyl groups is 2. The maximum Gasteiger partial charge on any atom is 0.274 e. The van der Waals surface area contributed by atoms with Crippen molar-refractivity contribution in [3.63, 3.8) is 0 Å². The Labute approximate surface area is 252 Å². The van der Waals surface area contributed by atoms with Gasteiger partial charge in [-0.05, 0) is 66.3 Å². The first-order chi connectivity index (χ1) is 21.3. The van der Waals surface area contributed by atoms with E-state index in [2.05, 4.69) is 15.1 Å². The highest BCUT2D eigenvalue weighted by atomic mass is 16.6. The number of hydrogen-bond acceptors (Lipinski definition) is 8. The van der Waals surface area contributed by atoms with E-state index in [9.17, 15) is 19.8 Å². The van der Waals surface area contributed by atoms with Gasteiger partial charge in [0.05, 0.1) is 31.0 Å². The molecule has 0 bridgehead atoms. The Bertz CT molecular complexity index is 1870. The predicted octanol–water partition coefficient (Wildman–Crippen LogP) is 4.78. The molecule has 0 fully saturated rings. The Morgan fingerprint density at radius 3 is 2.57 bits per heavy atom. The molecule has 0 saturated heterocycles. The van der Waals surface area contributed by atoms with Crippen molar-refractivity contribution in [1.82, 2.24) is 4.98 Å². The number of anilines is 2. The van der Waals surface area contributed by atoms with Gasteiger partial charge in [-0.3, -0.25) is 9.59 Å². The summed E-state index contributed by atoms with van der Waals surface area (Å²) in [7, 11) is 0. The molecule has 6 N–H and O–H groups in total. The van der Waals surface area contributed by atoms with Crippen LogP contribution < -0.4 is 20.9 Å². The number of hydrogen-bond donors (Lipinski definition) is 5. The molecule has 4 aromatic carbocycles. The third-order valence-corrected chi connectivity index (χ3v) is 7.71. The number of aryl methyl sites for hydroxylation is 1. The Kier molecular flexibility index (Phi) is 8.07. The fourth-order valence-electron chi connectivity index (χ4n) is 5.64. The first-order valence-corrected chi connectivity index (χ1v) is 14.2. The van der Waals surface area contributed by atoms with Gasteiger partial charge >= 0.3 is 0 Å². The summed E-state index contributed by atoms with van der Waals surface area (Å²) in [5.41, 5.74) is 4.17. The molecule has 1 aromatic heterocycles. The summed E-state index contributed by atoms with van der Waals surface area (Å²) < 4.78 is 10.9. The number of fused-ring (bicyclic) bond motifs is 4. The quantitative estimate of drug-likeness (QED) is 0.114. The van der Waals surface area contributed by atoms with Gasteiger partial charge in [-0.2, -0.15) is 0 Å². The van der Waals surface area contributed by atoms with Gasteiger partial charge in [0.1, 0.15) is 29.5 Å². The van der Waals surface area contributed by atoms with E-state index >= 15 is 0 Å². The summed E-state index contributed by atoms with van der Waals surface area (Å²) in [6, 6.07) is 18.8. The fraction of sp³-hybridized carbons (Fsp3) is 0.212. The monoisotopic (exact) mass is 596 g/mol. The molecule has 5 aromatic rings. The molecule has 6 rings (SSSR count). The Morgan fingerprint density at radius 2 is 1.77 bits per heavy atom. The molecule has 11 heteroatoms. The van der Waals surface area contributed by atoms with Gasteiger partial charge in [0.2, 0.25) is 0 Å². The number of nitrogens with zero attached hydrogens (tertiary/aromatic N) is 1. The molecule has 1 aliphatic heterocycles. The maximum atomic E-state index is 13.7. The van der Waals surface area contributed by atoms with Crippen LogP contribution in [0.2, 0.25) is 0 Å². The lowest BCUT2D eigenvalue weighted by atomic mass is 9.97. The Balaban J connectivity index is 1.16. The molecule has 226 valence electrons. The van der Waals surface area contributed by atoms with E-state index in [-0.39, 0.29) is 29.0 Å². The molecule has 0 spiro atoms. The maximum absolute atomic E-state index is 13.7. The van der Waals surface area contributed by atoms with Crippen LogP contribution >= 0.6 is 0 Å². The number of nitrogens with two attached hydrogens (primary N) is 1. The van der Waals surface area contributed by atoms with E-state index in [0.29, 0.717) is 73.0 Å². The highest BCUT2D eigenvalue weighted by Crippen LogP contribution is 2.41. The number of nitrogens with one attached hydrogen (secondary N) is 2. The minimum absolute atomic E-state index is 0.109. The van der Waals surface area contributed by atoms with Crippen molar-refractivity contribution in [1.29, 1.82) is 0 Å². The second kappa shape index (κ2) is 12.3. The van der Waals surface area contributed by atoms with E-state index in [1.54, 1.807) is 47.4 Å². The standard InChI is InChI=1S/C33H32N4O7/c1-19-3-2-4-25-28(38)18-27-24(30(19)25)9-10-37(27)33(41)26-16-21-15-22(17-29(39)31(21)36-26)35-32(40)20-5-7-23(8-6-20)43-13-11-42-12-14-44-34/h2-8,15-18,36,38-39H,9-14,34H2,1H3,(H,35,40). The minimum atomic E-state index is -0.372. The number of aromatic nitrogens is 1. The van der Waals surface area contributed by atoms with Gasteiger partial charge in [0, 0.05) is 40.7 Å². The van der Waals surface area contributed by atoms with Crippen LogP contribution in [0, 0.1) is 6.92 Å². The first-order valence-electron chi connectivity index (χ1n) is 14.2. The second-order valence-electron chi connectivity index (χ2n) is 10.6. The van der Waals surface area contributed by atoms with E-state index in [0.717, 1.165) is 21.9 Å². The van der Waals surface area contributed by atoms with Crippen LogP contribution in [0.3, 0.4) is 0 Å². The van der Waals surface area contributed by atoms with Crippen LogP contribution in [-0.4, -0.2) is 60.0 Å². The third-order valence-electron chi connectivity index (χ3n) is 7.71. The summed E-state index contributed by atoms with van der Waals surface area (Å²) in [5.74, 6) is 4.89. The van der Waals surface area contributed by atoms with Crippen molar-refractivity contribution in [3.8, 4) is 17.2 Å². The molecule has 2 heterocycles. The molecule has 2 amide bonds. The number of H-pyrrole nitrogens is 1. The smallest absolute Gasteiger partial charge is 0.274 e. The van der Waals surface area contributed by atoms with E-state index < -0.39 is 0 Å². The zero-order valence-corrected chi connectivity index (χ0v) is 24.1. The number of benzene rings is 4. The molecular weight excluding hydrogens is 564 g/mol. The molecule has 0 atom stereocenters. The summed E-state index contributed by atoms with van der Waals surface area (Å²) in [5, 5.41) is 26.6. The molecular formula is C33H32N4O7. The van der Waals surface area contributed by atoms with Gasteiger partial charge in [-0.25, -0.2) is 5.90 Å². The van der Waals surface area contributed by atoms with E-state index in [4.69, 9.17) is 15.4 Å². The van der Waals surface area contributed by atoms with Crippen molar-refractivity contribution in [2.24, 2.45) is 5.90 Å². The largest absolute Gasteiger partial charge is 0.507 e. The average Bonchev–Trinajstić information content (AvgIpc) is 3.64. The van der Waals surface area contributed by atoms with Crippen LogP contribution in [0.5, 0.6) is 17.2 Å². The number of carbonyl (C=O) groups excluding carboxylic acids is 2. The Morgan fingerprint density at radius 1 is 0.977 bits per heavy atom. The zero-order chi connectivity index (χ0) is 30.8. The SMILES string of the molecule is Cc1cccc2c(O)cc3c(c12)CCN3C(=O)c1cc2cc(NC(=O)c3ccc(OCCOCCON)cc3)cc(O)c2[nH]1. The lowest BCUT2D eigenvalue weighted by molar-refractivity contribution is 0.0362. The molecule has 44 heavy (non-hydrogen) atoms. The first kappa shape index (κ1) is 29.0. The van der Waals surface area contributed by atoms with Crippen LogP contribution in [0.25, 0.3) is 21.7 Å². The van der Waals surface area contributed by atoms with Gasteiger partial charge in [-0.15, -0.1) is 0 Å². The predicted molar refractivity (Wildman–Crippen MR) is 167 cm³/mol. The average molecular weight is 597 g/mol. The zero-order valence-electron chi connectivity index (χ0n) is 24.1. The van der Waals surface area contributed by atoms with Crippen molar-refractivity contribution >= 4 is 44.9 Å². The van der Waals surface area contributed by atoms with Gasteiger partial charge in [0.25, 0.3) is 11.8 Å². The Hall–Kier alpha value is -5.10. The molecule has 0 radical (unpaired) electrons. The number of carbonyl (C=O) groups is 2. The summed E-state index contributed by atoms with van der Waals surface area (Å²) in [6.45, 7) is 3.83.